The summed E-state index contributed by atoms with van der Waals surface area (Å²) in [6.45, 7) is 4.10. The maximum absolute atomic E-state index is 11.6. The van der Waals surface area contributed by atoms with Crippen LogP contribution in [0.2, 0.25) is 4.34 Å². The topological polar surface area (TPSA) is 44.1 Å². The van der Waals surface area contributed by atoms with Crippen molar-refractivity contribution < 1.29 is 9.53 Å². The van der Waals surface area contributed by atoms with Gasteiger partial charge in [-0.25, -0.2) is 4.79 Å². The number of carbonyl (C=O) groups excluding carboxylic acids is 1. The van der Waals surface area contributed by atoms with Gasteiger partial charge in [0.1, 0.15) is 0 Å². The Bertz CT molecular complexity index is 589. The second kappa shape index (κ2) is 5.12. The largest absolute Gasteiger partial charge is 0.461 e. The number of aromatic nitrogens is 2. The Balaban J connectivity index is 2.41. The average molecular weight is 285 g/mol. The van der Waals surface area contributed by atoms with Crippen LogP contribution in [0.25, 0.3) is 11.3 Å². The fourth-order valence-corrected chi connectivity index (χ4v) is 2.92. The number of hydrogen-bond donors (Lipinski definition) is 0. The third kappa shape index (κ3) is 2.42. The molecule has 0 bridgehead atoms. The van der Waals surface area contributed by atoms with E-state index < -0.39 is 5.97 Å². The molecule has 0 aliphatic heterocycles. The van der Waals surface area contributed by atoms with E-state index in [2.05, 4.69) is 5.10 Å². The van der Waals surface area contributed by atoms with Crippen LogP contribution in [0.4, 0.5) is 0 Å². The van der Waals surface area contributed by atoms with Crippen molar-refractivity contribution in [1.29, 1.82) is 0 Å². The molecule has 0 aromatic carbocycles. The van der Waals surface area contributed by atoms with Gasteiger partial charge in [-0.2, -0.15) is 5.10 Å². The lowest BCUT2D eigenvalue weighted by molar-refractivity contribution is 0.0518. The highest BCUT2D eigenvalue weighted by molar-refractivity contribution is 7.16. The Kier molecular flexibility index (Phi) is 3.73. The Morgan fingerprint density at radius 2 is 2.28 bits per heavy atom. The summed E-state index contributed by atoms with van der Waals surface area (Å²) in [4.78, 5) is 12.7. The van der Waals surface area contributed by atoms with Gasteiger partial charge >= 0.3 is 5.97 Å². The lowest BCUT2D eigenvalue weighted by atomic mass is 10.2. The van der Waals surface area contributed by atoms with E-state index >= 15 is 0 Å². The molecule has 0 spiro atoms. The zero-order chi connectivity index (χ0) is 13.3. The van der Waals surface area contributed by atoms with Crippen molar-refractivity contribution in [3.05, 3.63) is 27.0 Å². The highest BCUT2D eigenvalue weighted by atomic mass is 35.5. The molecule has 0 atom stereocenters. The minimum Gasteiger partial charge on any atom is -0.461 e. The highest BCUT2D eigenvalue weighted by Crippen LogP contribution is 2.33. The monoisotopic (exact) mass is 284 g/mol. The van der Waals surface area contributed by atoms with Crippen molar-refractivity contribution >= 4 is 28.9 Å². The van der Waals surface area contributed by atoms with Crippen molar-refractivity contribution in [3.63, 3.8) is 0 Å². The standard InChI is InChI=1S/C12H13ClN2O2S/c1-4-17-12(16)9-6-10(15(3)14-9)8-5-11(13)18-7(8)2/h5-6H,4H2,1-3H3. The number of nitrogens with zero attached hydrogens (tertiary/aromatic N) is 2. The molecule has 96 valence electrons. The van der Waals surface area contributed by atoms with Crippen LogP contribution in [0.1, 0.15) is 22.3 Å². The van der Waals surface area contributed by atoms with Crippen molar-refractivity contribution in [1.82, 2.24) is 9.78 Å². The van der Waals surface area contributed by atoms with Crippen LogP contribution in [0, 0.1) is 6.92 Å². The zero-order valence-electron chi connectivity index (χ0n) is 10.4. The molecule has 0 aliphatic carbocycles. The first-order valence-electron chi connectivity index (χ1n) is 5.50. The Hall–Kier alpha value is -1.33. The lowest BCUT2D eigenvalue weighted by Crippen LogP contribution is -2.05. The van der Waals surface area contributed by atoms with E-state index in [-0.39, 0.29) is 0 Å². The summed E-state index contributed by atoms with van der Waals surface area (Å²) in [5.74, 6) is -0.404. The van der Waals surface area contributed by atoms with Gasteiger partial charge < -0.3 is 4.74 Å². The number of halogens is 1. The Labute approximate surface area is 114 Å². The minimum atomic E-state index is -0.404. The van der Waals surface area contributed by atoms with Gasteiger partial charge in [0.2, 0.25) is 0 Å². The van der Waals surface area contributed by atoms with Gasteiger partial charge in [0.05, 0.1) is 16.6 Å². The summed E-state index contributed by atoms with van der Waals surface area (Å²) < 4.78 is 7.32. The first-order valence-corrected chi connectivity index (χ1v) is 6.69. The molecule has 6 heteroatoms. The molecule has 0 N–H and O–H groups in total. The zero-order valence-corrected chi connectivity index (χ0v) is 11.9. The van der Waals surface area contributed by atoms with Gasteiger partial charge in [0, 0.05) is 17.5 Å². The number of rotatable bonds is 3. The van der Waals surface area contributed by atoms with Gasteiger partial charge in [-0.3, -0.25) is 4.68 Å². The predicted octanol–water partition coefficient (Wildman–Crippen LogP) is 3.29. The van der Waals surface area contributed by atoms with Gasteiger partial charge in [-0.1, -0.05) is 11.6 Å². The number of hydrogen-bond acceptors (Lipinski definition) is 4. The summed E-state index contributed by atoms with van der Waals surface area (Å²) in [5.41, 5.74) is 2.17. The normalized spacial score (nSPS) is 10.7. The third-order valence-corrected chi connectivity index (χ3v) is 3.71. The first kappa shape index (κ1) is 13.1. The Morgan fingerprint density at radius 1 is 1.56 bits per heavy atom. The summed E-state index contributed by atoms with van der Waals surface area (Å²) in [6.07, 6.45) is 0. The average Bonchev–Trinajstić information content (AvgIpc) is 2.82. The van der Waals surface area contributed by atoms with E-state index in [0.717, 1.165) is 20.5 Å². The molecule has 0 unspecified atom stereocenters. The smallest absolute Gasteiger partial charge is 0.358 e. The molecule has 0 fully saturated rings. The van der Waals surface area contributed by atoms with Crippen LogP contribution in [0.15, 0.2) is 12.1 Å². The van der Waals surface area contributed by atoms with Gasteiger partial charge in [-0.05, 0) is 26.0 Å². The van der Waals surface area contributed by atoms with E-state index in [1.165, 1.54) is 11.3 Å². The van der Waals surface area contributed by atoms with Crippen LogP contribution in [0.3, 0.4) is 0 Å². The molecule has 2 aromatic heterocycles. The fourth-order valence-electron chi connectivity index (χ4n) is 1.72. The van der Waals surface area contributed by atoms with E-state index in [4.69, 9.17) is 16.3 Å². The number of carbonyl (C=O) groups is 1. The maximum Gasteiger partial charge on any atom is 0.358 e. The van der Waals surface area contributed by atoms with Gasteiger partial charge in [0.15, 0.2) is 5.69 Å². The molecule has 2 heterocycles. The van der Waals surface area contributed by atoms with Crippen LogP contribution in [-0.4, -0.2) is 22.4 Å². The first-order chi connectivity index (χ1) is 8.52. The van der Waals surface area contributed by atoms with Crippen LogP contribution < -0.4 is 0 Å². The number of ether oxygens (including phenoxy) is 1. The number of aryl methyl sites for hydroxylation is 2. The van der Waals surface area contributed by atoms with Gasteiger partial charge in [-0.15, -0.1) is 11.3 Å². The molecule has 0 radical (unpaired) electrons. The van der Waals surface area contributed by atoms with Crippen molar-refractivity contribution in [2.24, 2.45) is 7.05 Å². The van der Waals surface area contributed by atoms with E-state index in [1.807, 2.05) is 13.0 Å². The van der Waals surface area contributed by atoms with E-state index in [1.54, 1.807) is 24.7 Å². The molecule has 18 heavy (non-hydrogen) atoms. The molecular formula is C12H13ClN2O2S. The fraction of sp³-hybridized carbons (Fsp3) is 0.333. The Morgan fingerprint density at radius 3 is 2.83 bits per heavy atom. The highest BCUT2D eigenvalue weighted by Gasteiger charge is 2.17. The summed E-state index contributed by atoms with van der Waals surface area (Å²) in [6, 6.07) is 3.61. The number of thiophene rings is 1. The van der Waals surface area contributed by atoms with Crippen molar-refractivity contribution in [2.75, 3.05) is 6.61 Å². The second-order valence-corrected chi connectivity index (χ2v) is 5.67. The number of esters is 1. The SMILES string of the molecule is CCOC(=O)c1cc(-c2cc(Cl)sc2C)n(C)n1. The van der Waals surface area contributed by atoms with E-state index in [0.29, 0.717) is 12.3 Å². The quantitative estimate of drug-likeness (QED) is 0.813. The van der Waals surface area contributed by atoms with Crippen LogP contribution in [-0.2, 0) is 11.8 Å². The molecule has 2 aromatic rings. The summed E-state index contributed by atoms with van der Waals surface area (Å²) >= 11 is 7.49. The van der Waals surface area contributed by atoms with Crippen LogP contribution >= 0.6 is 22.9 Å². The molecule has 2 rings (SSSR count). The molecule has 0 saturated carbocycles. The molecule has 0 saturated heterocycles. The molecular weight excluding hydrogens is 272 g/mol. The molecule has 4 nitrogen and oxygen atoms in total. The van der Waals surface area contributed by atoms with Gasteiger partial charge in [0.25, 0.3) is 0 Å². The molecule has 0 amide bonds. The second-order valence-electron chi connectivity index (χ2n) is 3.78. The van der Waals surface area contributed by atoms with Crippen molar-refractivity contribution in [2.45, 2.75) is 13.8 Å². The van der Waals surface area contributed by atoms with Crippen LogP contribution in [0.5, 0.6) is 0 Å². The lowest BCUT2D eigenvalue weighted by Gasteiger charge is -1.98. The molecule has 0 aliphatic rings. The van der Waals surface area contributed by atoms with E-state index in [9.17, 15) is 4.79 Å². The predicted molar refractivity (Wildman–Crippen MR) is 72.2 cm³/mol. The third-order valence-electron chi connectivity index (χ3n) is 2.53. The summed E-state index contributed by atoms with van der Waals surface area (Å²) in [5, 5.41) is 4.16. The maximum atomic E-state index is 11.6. The minimum absolute atomic E-state index is 0.316. The van der Waals surface area contributed by atoms with Crippen molar-refractivity contribution in [3.8, 4) is 11.3 Å². The summed E-state index contributed by atoms with van der Waals surface area (Å²) in [7, 11) is 1.79.